The van der Waals surface area contributed by atoms with Crippen LogP contribution in [-0.4, -0.2) is 48.8 Å². The van der Waals surface area contributed by atoms with Crippen molar-refractivity contribution in [1.29, 1.82) is 0 Å². The third-order valence-corrected chi connectivity index (χ3v) is 5.17. The van der Waals surface area contributed by atoms with Crippen molar-refractivity contribution in [3.63, 3.8) is 0 Å². The molecule has 0 atom stereocenters. The second-order valence-electron chi connectivity index (χ2n) is 7.18. The number of aromatic amines is 1. The van der Waals surface area contributed by atoms with Crippen LogP contribution in [0.3, 0.4) is 0 Å². The first-order valence-corrected chi connectivity index (χ1v) is 10.1. The summed E-state index contributed by atoms with van der Waals surface area (Å²) in [6, 6.07) is 4.04. The molecule has 3 aromatic rings. The number of rotatable bonds is 8. The first-order chi connectivity index (χ1) is 14.2. The Bertz CT molecular complexity index is 936. The van der Waals surface area contributed by atoms with Gasteiger partial charge in [-0.1, -0.05) is 6.07 Å². The van der Waals surface area contributed by atoms with Crippen LogP contribution < -0.4 is 0 Å². The fourth-order valence-electron chi connectivity index (χ4n) is 3.81. The summed E-state index contributed by atoms with van der Waals surface area (Å²) in [7, 11) is 0. The molecule has 0 radical (unpaired) electrons. The van der Waals surface area contributed by atoms with E-state index in [1.165, 1.54) is 5.56 Å². The number of nitrogens with one attached hydrogen (secondary N) is 1. The predicted molar refractivity (Wildman–Crippen MR) is 107 cm³/mol. The van der Waals surface area contributed by atoms with Crippen LogP contribution in [0.2, 0.25) is 0 Å². The first kappa shape index (κ1) is 19.3. The van der Waals surface area contributed by atoms with E-state index in [1.54, 1.807) is 12.4 Å². The second-order valence-corrected chi connectivity index (χ2v) is 7.18. The summed E-state index contributed by atoms with van der Waals surface area (Å²) in [5.74, 6) is 0.588. The zero-order valence-corrected chi connectivity index (χ0v) is 16.7. The molecule has 0 amide bonds. The van der Waals surface area contributed by atoms with Gasteiger partial charge in [0.15, 0.2) is 5.69 Å². The van der Waals surface area contributed by atoms with E-state index in [2.05, 4.69) is 31.0 Å². The number of esters is 1. The molecule has 1 aliphatic heterocycles. The summed E-state index contributed by atoms with van der Waals surface area (Å²) in [4.78, 5) is 26.4. The van der Waals surface area contributed by atoms with Crippen molar-refractivity contribution in [2.45, 2.75) is 45.8 Å². The van der Waals surface area contributed by atoms with Crippen molar-refractivity contribution < 1.29 is 9.53 Å². The molecule has 0 saturated carbocycles. The van der Waals surface area contributed by atoms with Crippen molar-refractivity contribution in [2.75, 3.05) is 13.2 Å². The first-order valence-electron chi connectivity index (χ1n) is 10.1. The topological polar surface area (TPSA) is 88.9 Å². The maximum absolute atomic E-state index is 12.5. The summed E-state index contributed by atoms with van der Waals surface area (Å²) >= 11 is 0. The molecule has 8 heteroatoms. The van der Waals surface area contributed by atoms with Crippen molar-refractivity contribution in [3.8, 4) is 0 Å². The van der Waals surface area contributed by atoms with Crippen molar-refractivity contribution in [1.82, 2.24) is 29.6 Å². The number of hydrogen-bond donors (Lipinski definition) is 1. The Morgan fingerprint density at radius 3 is 3.03 bits per heavy atom. The lowest BCUT2D eigenvalue weighted by molar-refractivity contribution is 0.0515. The highest BCUT2D eigenvalue weighted by atomic mass is 16.5. The maximum atomic E-state index is 12.5. The van der Waals surface area contributed by atoms with Gasteiger partial charge in [-0.25, -0.2) is 9.78 Å². The number of nitrogens with zero attached hydrogens (tertiary/aromatic N) is 5. The van der Waals surface area contributed by atoms with Crippen molar-refractivity contribution in [3.05, 3.63) is 65.3 Å². The Labute approximate surface area is 169 Å². The molecule has 0 saturated heterocycles. The summed E-state index contributed by atoms with van der Waals surface area (Å²) in [5, 5.41) is 4.65. The van der Waals surface area contributed by atoms with Crippen LogP contribution in [0.4, 0.5) is 0 Å². The molecule has 152 valence electrons. The summed E-state index contributed by atoms with van der Waals surface area (Å²) in [6.45, 7) is 5.24. The van der Waals surface area contributed by atoms with Crippen LogP contribution in [0.25, 0.3) is 0 Å². The lowest BCUT2D eigenvalue weighted by Gasteiger charge is -2.26. The van der Waals surface area contributed by atoms with Crippen LogP contribution in [0, 0.1) is 0 Å². The van der Waals surface area contributed by atoms with Gasteiger partial charge < -0.3 is 9.72 Å². The molecule has 0 unspecified atom stereocenters. The second kappa shape index (κ2) is 9.00. The largest absolute Gasteiger partial charge is 0.461 e. The quantitative estimate of drug-likeness (QED) is 0.590. The number of H-pyrrole nitrogens is 1. The lowest BCUT2D eigenvalue weighted by atomic mass is 10.0. The monoisotopic (exact) mass is 394 g/mol. The van der Waals surface area contributed by atoms with E-state index in [0.717, 1.165) is 56.0 Å². The molecule has 4 rings (SSSR count). The summed E-state index contributed by atoms with van der Waals surface area (Å²) in [6.07, 6.45) is 10.0. The Hall–Kier alpha value is -3.00. The molecule has 0 spiro atoms. The SMILES string of the molecule is CCOC(=O)c1nn(CCCc2cccnc2)c2c1CN(Cc1ncc[nH]1)CC2. The molecule has 1 N–H and O–H groups in total. The molecule has 0 fully saturated rings. The van der Waals surface area contributed by atoms with Crippen LogP contribution >= 0.6 is 0 Å². The van der Waals surface area contributed by atoms with E-state index < -0.39 is 0 Å². The van der Waals surface area contributed by atoms with Crippen LogP contribution in [0.5, 0.6) is 0 Å². The fourth-order valence-corrected chi connectivity index (χ4v) is 3.81. The molecule has 8 nitrogen and oxygen atoms in total. The van der Waals surface area contributed by atoms with E-state index in [0.29, 0.717) is 18.8 Å². The van der Waals surface area contributed by atoms with Crippen molar-refractivity contribution in [2.24, 2.45) is 0 Å². The molecule has 4 heterocycles. The molecule has 29 heavy (non-hydrogen) atoms. The minimum Gasteiger partial charge on any atom is -0.461 e. The van der Waals surface area contributed by atoms with Gasteiger partial charge in [-0.05, 0) is 31.4 Å². The van der Waals surface area contributed by atoms with Gasteiger partial charge in [0.05, 0.1) is 13.2 Å². The van der Waals surface area contributed by atoms with E-state index in [1.807, 2.05) is 30.1 Å². The van der Waals surface area contributed by atoms with E-state index in [-0.39, 0.29) is 5.97 Å². The molecular weight excluding hydrogens is 368 g/mol. The number of ether oxygens (including phenoxy) is 1. The number of carbonyl (C=O) groups is 1. The number of carbonyl (C=O) groups excluding carboxylic acids is 1. The fraction of sp³-hybridized carbons (Fsp3) is 0.429. The Morgan fingerprint density at radius 2 is 2.28 bits per heavy atom. The van der Waals surface area contributed by atoms with E-state index >= 15 is 0 Å². The molecule has 0 aromatic carbocycles. The van der Waals surface area contributed by atoms with Crippen LogP contribution in [0.1, 0.15) is 46.5 Å². The van der Waals surface area contributed by atoms with Gasteiger partial charge in [-0.2, -0.15) is 5.10 Å². The highest BCUT2D eigenvalue weighted by Crippen LogP contribution is 2.25. The van der Waals surface area contributed by atoms with Gasteiger partial charge in [0, 0.05) is 62.1 Å². The molecular formula is C21H26N6O2. The highest BCUT2D eigenvalue weighted by molar-refractivity contribution is 5.89. The summed E-state index contributed by atoms with van der Waals surface area (Å²) in [5.41, 5.74) is 3.80. The predicted octanol–water partition coefficient (Wildman–Crippen LogP) is 2.37. The number of aromatic nitrogens is 5. The Kier molecular flexibility index (Phi) is 6.00. The molecule has 0 aliphatic carbocycles. The molecule has 3 aromatic heterocycles. The normalized spacial score (nSPS) is 14.0. The van der Waals surface area contributed by atoms with Gasteiger partial charge in [-0.15, -0.1) is 0 Å². The Morgan fingerprint density at radius 1 is 1.34 bits per heavy atom. The number of aryl methyl sites for hydroxylation is 2. The number of imidazole rings is 1. The minimum atomic E-state index is -0.338. The van der Waals surface area contributed by atoms with Gasteiger partial charge in [0.1, 0.15) is 5.82 Å². The van der Waals surface area contributed by atoms with E-state index in [4.69, 9.17) is 4.74 Å². The number of hydrogen-bond acceptors (Lipinski definition) is 6. The third kappa shape index (κ3) is 4.54. The van der Waals surface area contributed by atoms with Gasteiger partial charge in [-0.3, -0.25) is 14.6 Å². The van der Waals surface area contributed by atoms with Gasteiger partial charge in [0.2, 0.25) is 0 Å². The Balaban J connectivity index is 1.50. The molecule has 1 aliphatic rings. The van der Waals surface area contributed by atoms with Crippen molar-refractivity contribution >= 4 is 5.97 Å². The lowest BCUT2D eigenvalue weighted by Crippen LogP contribution is -2.31. The number of fused-ring (bicyclic) bond motifs is 1. The maximum Gasteiger partial charge on any atom is 0.359 e. The van der Waals surface area contributed by atoms with Crippen LogP contribution in [0.15, 0.2) is 36.9 Å². The zero-order valence-electron chi connectivity index (χ0n) is 16.7. The van der Waals surface area contributed by atoms with Gasteiger partial charge in [0.25, 0.3) is 0 Å². The van der Waals surface area contributed by atoms with Crippen LogP contribution in [-0.2, 0) is 37.2 Å². The molecule has 0 bridgehead atoms. The minimum absolute atomic E-state index is 0.338. The van der Waals surface area contributed by atoms with Gasteiger partial charge >= 0.3 is 5.97 Å². The average molecular weight is 394 g/mol. The summed E-state index contributed by atoms with van der Waals surface area (Å²) < 4.78 is 7.26. The average Bonchev–Trinajstić information content (AvgIpc) is 3.37. The zero-order chi connectivity index (χ0) is 20.1. The smallest absolute Gasteiger partial charge is 0.359 e. The number of pyridine rings is 1. The standard InChI is InChI=1S/C21H26N6O2/c1-2-29-21(28)20-17-14-26(15-19-23-9-10-24-19)12-7-18(17)27(25-20)11-4-6-16-5-3-8-22-13-16/h3,5,8-10,13H,2,4,6-7,11-12,14-15H2,1H3,(H,23,24). The third-order valence-electron chi connectivity index (χ3n) is 5.17. The van der Waals surface area contributed by atoms with E-state index in [9.17, 15) is 4.79 Å². The highest BCUT2D eigenvalue weighted by Gasteiger charge is 2.29.